The summed E-state index contributed by atoms with van der Waals surface area (Å²) in [6, 6.07) is 11.1. The Hall–Kier alpha value is 0.0187. The Morgan fingerprint density at radius 2 is 1.44 bits per heavy atom. The quantitative estimate of drug-likeness (QED) is 0.599. The van der Waals surface area contributed by atoms with Crippen LogP contribution in [0.15, 0.2) is 30.3 Å². The summed E-state index contributed by atoms with van der Waals surface area (Å²) in [4.78, 5) is 0. The third-order valence-electron chi connectivity index (χ3n) is 3.06. The van der Waals surface area contributed by atoms with E-state index in [4.69, 9.17) is 0 Å². The molecule has 0 saturated heterocycles. The van der Waals surface area contributed by atoms with Crippen LogP contribution in [0.25, 0.3) is 0 Å². The number of unbranched alkanes of at least 4 members (excludes halogenated alkanes) is 2. The standard InChI is InChI=1S/C7H7.2C4H9.Sn/c1-7-5-3-2-4-6-7;2*1-3-4-2;/h2-6H,1H2;2*1,3-4H2,2H3;/q;;;+1. The number of rotatable bonds is 8. The number of hydrogen-bond donors (Lipinski definition) is 0. The van der Waals surface area contributed by atoms with Gasteiger partial charge in [-0.25, -0.2) is 0 Å². The Labute approximate surface area is 108 Å². The molecule has 0 unspecified atom stereocenters. The summed E-state index contributed by atoms with van der Waals surface area (Å²) >= 11 is -1.08. The van der Waals surface area contributed by atoms with Gasteiger partial charge in [0.15, 0.2) is 0 Å². The summed E-state index contributed by atoms with van der Waals surface area (Å²) in [6.45, 7) is 4.65. The molecule has 0 bridgehead atoms. The fourth-order valence-corrected chi connectivity index (χ4v) is 11.0. The molecule has 0 saturated carbocycles. The molecule has 1 aromatic carbocycles. The molecule has 0 N–H and O–H groups in total. The molecule has 0 radical (unpaired) electrons. The first-order valence-electron chi connectivity index (χ1n) is 6.74. The molecule has 0 nitrogen and oxygen atoms in total. The minimum absolute atomic E-state index is 1.08. The maximum atomic E-state index is 2.32. The van der Waals surface area contributed by atoms with E-state index in [2.05, 4.69) is 44.2 Å². The average molecular weight is 324 g/mol. The van der Waals surface area contributed by atoms with Crippen molar-refractivity contribution in [3.63, 3.8) is 0 Å². The van der Waals surface area contributed by atoms with E-state index in [1.165, 1.54) is 30.1 Å². The molecular weight excluding hydrogens is 299 g/mol. The Morgan fingerprint density at radius 3 is 1.94 bits per heavy atom. The predicted octanol–water partition coefficient (Wildman–Crippen LogP) is 4.86. The molecule has 0 aliphatic carbocycles. The average Bonchev–Trinajstić information content (AvgIpc) is 2.34. The molecule has 0 aliphatic heterocycles. The van der Waals surface area contributed by atoms with Gasteiger partial charge in [-0.3, -0.25) is 0 Å². The van der Waals surface area contributed by atoms with Crippen LogP contribution in [0.3, 0.4) is 0 Å². The van der Waals surface area contributed by atoms with Crippen LogP contribution in [0.1, 0.15) is 45.1 Å². The van der Waals surface area contributed by atoms with Crippen LogP contribution in [0.5, 0.6) is 0 Å². The monoisotopic (exact) mass is 325 g/mol. The fraction of sp³-hybridized carbons (Fsp3) is 0.600. The first-order valence-corrected chi connectivity index (χ1v) is 12.8. The normalized spacial score (nSPS) is 10.4. The number of benzene rings is 1. The van der Waals surface area contributed by atoms with Gasteiger partial charge in [0.25, 0.3) is 0 Å². The van der Waals surface area contributed by atoms with Gasteiger partial charge in [0, 0.05) is 0 Å². The topological polar surface area (TPSA) is 0 Å². The molecule has 0 heterocycles. The summed E-state index contributed by atoms with van der Waals surface area (Å²) in [5, 5.41) is 0. The van der Waals surface area contributed by atoms with E-state index in [1.807, 2.05) is 0 Å². The second-order valence-electron chi connectivity index (χ2n) is 4.62. The second kappa shape index (κ2) is 9.09. The molecule has 1 rings (SSSR count). The van der Waals surface area contributed by atoms with Gasteiger partial charge in [0.2, 0.25) is 0 Å². The third kappa shape index (κ3) is 5.93. The van der Waals surface area contributed by atoms with Crippen LogP contribution in [-0.4, -0.2) is 19.8 Å². The Morgan fingerprint density at radius 1 is 0.875 bits per heavy atom. The summed E-state index contributed by atoms with van der Waals surface area (Å²) in [5.74, 6) is 0. The van der Waals surface area contributed by atoms with Crippen LogP contribution in [-0.2, 0) is 4.44 Å². The van der Waals surface area contributed by atoms with Crippen molar-refractivity contribution in [2.45, 2.75) is 52.8 Å². The molecule has 0 amide bonds. The molecule has 88 valence electrons. The van der Waals surface area contributed by atoms with Crippen molar-refractivity contribution in [1.29, 1.82) is 0 Å². The van der Waals surface area contributed by atoms with Crippen LogP contribution in [0.4, 0.5) is 0 Å². The molecule has 16 heavy (non-hydrogen) atoms. The van der Waals surface area contributed by atoms with Gasteiger partial charge >= 0.3 is 108 Å². The van der Waals surface area contributed by atoms with Crippen molar-refractivity contribution in [3.05, 3.63) is 35.9 Å². The van der Waals surface area contributed by atoms with E-state index >= 15 is 0 Å². The van der Waals surface area contributed by atoms with E-state index in [9.17, 15) is 0 Å². The molecule has 0 spiro atoms. The van der Waals surface area contributed by atoms with Gasteiger partial charge < -0.3 is 0 Å². The van der Waals surface area contributed by atoms with Crippen LogP contribution in [0.2, 0.25) is 8.87 Å². The van der Waals surface area contributed by atoms with E-state index in [1.54, 1.807) is 14.4 Å². The third-order valence-corrected chi connectivity index (χ3v) is 11.7. The SMILES string of the molecule is CCC[CH2][Sn+]([CH2]CCC)[CH2]c1ccccc1. The van der Waals surface area contributed by atoms with Gasteiger partial charge in [-0.2, -0.15) is 0 Å². The number of hydrogen-bond acceptors (Lipinski definition) is 0. The van der Waals surface area contributed by atoms with Crippen molar-refractivity contribution >= 4 is 19.8 Å². The predicted molar refractivity (Wildman–Crippen MR) is 75.3 cm³/mol. The summed E-state index contributed by atoms with van der Waals surface area (Å²) in [7, 11) is 0. The van der Waals surface area contributed by atoms with Crippen LogP contribution >= 0.6 is 0 Å². The van der Waals surface area contributed by atoms with Crippen molar-refractivity contribution < 1.29 is 0 Å². The first kappa shape index (κ1) is 14.1. The van der Waals surface area contributed by atoms with Crippen molar-refractivity contribution in [2.75, 3.05) is 0 Å². The zero-order valence-electron chi connectivity index (χ0n) is 10.8. The Kier molecular flexibility index (Phi) is 8.00. The Bertz CT molecular complexity index is 247. The molecule has 1 heteroatoms. The minimum atomic E-state index is -1.08. The summed E-state index contributed by atoms with van der Waals surface area (Å²) in [6.07, 6.45) is 5.71. The van der Waals surface area contributed by atoms with Gasteiger partial charge in [0.05, 0.1) is 0 Å². The molecule has 0 atom stereocenters. The van der Waals surface area contributed by atoms with Gasteiger partial charge in [0.1, 0.15) is 0 Å². The van der Waals surface area contributed by atoms with E-state index in [-0.39, 0.29) is 0 Å². The van der Waals surface area contributed by atoms with Crippen molar-refractivity contribution in [1.82, 2.24) is 0 Å². The first-order chi connectivity index (χ1) is 7.86. The van der Waals surface area contributed by atoms with Gasteiger partial charge in [-0.1, -0.05) is 0 Å². The summed E-state index contributed by atoms with van der Waals surface area (Å²) in [5.41, 5.74) is 1.60. The Balaban J connectivity index is 2.42. The molecular formula is C15H25Sn+. The zero-order chi connectivity index (χ0) is 11.6. The second-order valence-corrected chi connectivity index (χ2v) is 12.8. The van der Waals surface area contributed by atoms with Crippen LogP contribution in [0, 0.1) is 0 Å². The van der Waals surface area contributed by atoms with Crippen molar-refractivity contribution in [3.8, 4) is 0 Å². The fourth-order valence-electron chi connectivity index (χ4n) is 2.04. The van der Waals surface area contributed by atoms with E-state index < -0.39 is 19.8 Å². The molecule has 0 aliphatic rings. The maximum absolute atomic E-state index is 2.32. The van der Waals surface area contributed by atoms with E-state index in [0.29, 0.717) is 0 Å². The van der Waals surface area contributed by atoms with Gasteiger partial charge in [-0.15, -0.1) is 0 Å². The van der Waals surface area contributed by atoms with Crippen molar-refractivity contribution in [2.24, 2.45) is 0 Å². The molecule has 0 fully saturated rings. The van der Waals surface area contributed by atoms with Crippen LogP contribution < -0.4 is 0 Å². The zero-order valence-corrected chi connectivity index (χ0v) is 13.7. The van der Waals surface area contributed by atoms with Gasteiger partial charge in [-0.05, 0) is 0 Å². The molecule has 1 aromatic rings. The van der Waals surface area contributed by atoms with E-state index in [0.717, 1.165) is 0 Å². The molecule has 0 aromatic heterocycles. The summed E-state index contributed by atoms with van der Waals surface area (Å²) < 4.78 is 4.68.